The lowest BCUT2D eigenvalue weighted by Gasteiger charge is -2.19. The molecule has 8 nitrogen and oxygen atoms in total. The molecule has 1 amide bonds. The molecular weight excluding hydrogens is 516 g/mol. The molecule has 0 saturated carbocycles. The van der Waals surface area contributed by atoms with Crippen LogP contribution >= 0.6 is 0 Å². The van der Waals surface area contributed by atoms with E-state index in [-0.39, 0.29) is 29.8 Å². The van der Waals surface area contributed by atoms with Crippen LogP contribution in [0.25, 0.3) is 10.8 Å². The second-order valence-corrected chi connectivity index (χ2v) is 11.1. The first-order chi connectivity index (χ1) is 18.6. The van der Waals surface area contributed by atoms with Gasteiger partial charge in [0.05, 0.1) is 18.0 Å². The fraction of sp³-hybridized carbons (Fsp3) is 0.200. The van der Waals surface area contributed by atoms with Gasteiger partial charge in [0, 0.05) is 12.0 Å². The summed E-state index contributed by atoms with van der Waals surface area (Å²) < 4.78 is 32.0. The molecule has 39 heavy (non-hydrogen) atoms. The molecule has 1 atom stereocenters. The molecule has 0 unspecified atom stereocenters. The van der Waals surface area contributed by atoms with Crippen LogP contribution in [0.4, 0.5) is 5.69 Å². The van der Waals surface area contributed by atoms with E-state index in [1.165, 1.54) is 0 Å². The van der Waals surface area contributed by atoms with Gasteiger partial charge in [0.25, 0.3) is 5.91 Å². The molecule has 3 N–H and O–H groups in total. The topological polar surface area (TPSA) is 122 Å². The molecule has 0 aliphatic rings. The molecule has 0 aliphatic heterocycles. The zero-order valence-corrected chi connectivity index (χ0v) is 22.5. The predicted octanol–water partition coefficient (Wildman–Crippen LogP) is 5.90. The van der Waals surface area contributed by atoms with Crippen molar-refractivity contribution in [1.82, 2.24) is 5.32 Å². The van der Waals surface area contributed by atoms with Crippen LogP contribution < -0.4 is 14.8 Å². The number of carboxylic acids is 1. The molecule has 0 fully saturated rings. The van der Waals surface area contributed by atoms with Crippen LogP contribution in [0, 0.1) is 0 Å². The summed E-state index contributed by atoms with van der Waals surface area (Å²) in [6.45, 7) is 1.91. The average molecular weight is 547 g/mol. The summed E-state index contributed by atoms with van der Waals surface area (Å²) in [7, 11) is -3.54. The van der Waals surface area contributed by atoms with Crippen molar-refractivity contribution < 1.29 is 27.9 Å². The van der Waals surface area contributed by atoms with Crippen molar-refractivity contribution in [2.75, 3.05) is 11.0 Å². The summed E-state index contributed by atoms with van der Waals surface area (Å²) >= 11 is 0. The number of rotatable bonds is 11. The first kappa shape index (κ1) is 27.7. The number of carboxylic acid groups (broad SMARTS) is 1. The van der Waals surface area contributed by atoms with Gasteiger partial charge in [-0.3, -0.25) is 14.3 Å². The van der Waals surface area contributed by atoms with Gasteiger partial charge >= 0.3 is 5.97 Å². The number of anilines is 1. The summed E-state index contributed by atoms with van der Waals surface area (Å²) in [6.07, 6.45) is 1.80. The smallest absolute Gasteiger partial charge is 0.303 e. The van der Waals surface area contributed by atoms with E-state index in [2.05, 4.69) is 10.0 Å². The summed E-state index contributed by atoms with van der Waals surface area (Å²) in [6, 6.07) is 25.2. The maximum Gasteiger partial charge on any atom is 0.303 e. The summed E-state index contributed by atoms with van der Waals surface area (Å²) in [5.74, 6) is -0.617. The molecule has 0 heterocycles. The van der Waals surface area contributed by atoms with Crippen molar-refractivity contribution in [2.24, 2.45) is 0 Å². The largest absolute Gasteiger partial charge is 0.481 e. The third kappa shape index (κ3) is 7.36. The predicted molar refractivity (Wildman–Crippen MR) is 152 cm³/mol. The highest BCUT2D eigenvalue weighted by molar-refractivity contribution is 7.92. The first-order valence-electron chi connectivity index (χ1n) is 12.5. The Bertz CT molecular complexity index is 1610. The highest BCUT2D eigenvalue weighted by Crippen LogP contribution is 2.32. The van der Waals surface area contributed by atoms with Crippen molar-refractivity contribution in [3.05, 3.63) is 102 Å². The quantitative estimate of drug-likeness (QED) is 0.215. The minimum absolute atomic E-state index is 0.0176. The van der Waals surface area contributed by atoms with Crippen LogP contribution in [0.5, 0.6) is 11.5 Å². The van der Waals surface area contributed by atoms with Gasteiger partial charge in [0.15, 0.2) is 5.75 Å². The summed E-state index contributed by atoms with van der Waals surface area (Å²) in [5, 5.41) is 14.3. The number of hydrogen-bond donors (Lipinski definition) is 3. The molecule has 0 saturated heterocycles. The molecule has 0 bridgehead atoms. The fourth-order valence-corrected chi connectivity index (χ4v) is 4.99. The molecule has 4 aromatic carbocycles. The van der Waals surface area contributed by atoms with Crippen molar-refractivity contribution in [1.29, 1.82) is 0 Å². The van der Waals surface area contributed by atoms with E-state index in [9.17, 15) is 18.0 Å². The highest BCUT2D eigenvalue weighted by atomic mass is 32.2. The van der Waals surface area contributed by atoms with Gasteiger partial charge < -0.3 is 15.2 Å². The zero-order chi connectivity index (χ0) is 28.0. The molecule has 0 radical (unpaired) electrons. The molecule has 4 aromatic rings. The van der Waals surface area contributed by atoms with Crippen LogP contribution in [0.2, 0.25) is 0 Å². The number of hydrogen-bond acceptors (Lipinski definition) is 5. The van der Waals surface area contributed by atoms with E-state index >= 15 is 0 Å². The summed E-state index contributed by atoms with van der Waals surface area (Å²) in [5.41, 5.74) is 2.29. The van der Waals surface area contributed by atoms with Crippen molar-refractivity contribution in [3.8, 4) is 11.5 Å². The zero-order valence-electron chi connectivity index (χ0n) is 21.7. The normalized spacial score (nSPS) is 12.1. The second-order valence-electron chi connectivity index (χ2n) is 9.30. The number of benzene rings is 4. The third-order valence-electron chi connectivity index (χ3n) is 6.21. The molecule has 0 spiro atoms. The Kier molecular flexibility index (Phi) is 8.51. The standard InChI is InChI=1S/C30H30N2O6S/c1-20(24-13-7-10-21-9-3-4-12-25(21)24)31-30(35)26-19-23(18-17-22(26)11-8-16-29(33)34)38-28-15-6-5-14-27(28)32-39(2,36)37/h3-7,9-10,12-15,17-20,32H,8,11,16H2,1-2H3,(H,31,35)(H,33,34)/t20-/m1/s1. The minimum atomic E-state index is -3.54. The van der Waals surface area contributed by atoms with Gasteiger partial charge in [0.2, 0.25) is 10.0 Å². The van der Waals surface area contributed by atoms with Crippen LogP contribution in [-0.4, -0.2) is 31.7 Å². The minimum Gasteiger partial charge on any atom is -0.481 e. The number of fused-ring (bicyclic) bond motifs is 1. The van der Waals surface area contributed by atoms with Crippen LogP contribution in [0.3, 0.4) is 0 Å². The number of aryl methyl sites for hydroxylation is 1. The average Bonchev–Trinajstić information content (AvgIpc) is 2.89. The molecule has 4 rings (SSSR count). The fourth-order valence-electron chi connectivity index (χ4n) is 4.43. The van der Waals surface area contributed by atoms with Gasteiger partial charge in [0.1, 0.15) is 5.75 Å². The lowest BCUT2D eigenvalue weighted by Crippen LogP contribution is -2.27. The number of ether oxygens (including phenoxy) is 1. The van der Waals surface area contributed by atoms with E-state index in [1.54, 1.807) is 42.5 Å². The molecule has 9 heteroatoms. The molecule has 0 aromatic heterocycles. The SMILES string of the molecule is C[C@@H](NC(=O)c1cc(Oc2ccccc2NS(C)(=O)=O)ccc1CCCC(=O)O)c1cccc2ccccc12. The van der Waals surface area contributed by atoms with Crippen LogP contribution in [0.15, 0.2) is 84.9 Å². The van der Waals surface area contributed by atoms with E-state index < -0.39 is 16.0 Å². The Morgan fingerprint density at radius 1 is 0.949 bits per heavy atom. The number of amides is 1. The van der Waals surface area contributed by atoms with Crippen LogP contribution in [0.1, 0.15) is 47.3 Å². The lowest BCUT2D eigenvalue weighted by atomic mass is 9.98. The third-order valence-corrected chi connectivity index (χ3v) is 6.80. The van der Waals surface area contributed by atoms with E-state index in [1.807, 2.05) is 49.4 Å². The number of carbonyl (C=O) groups is 2. The Morgan fingerprint density at radius 2 is 1.67 bits per heavy atom. The number of carbonyl (C=O) groups excluding carboxylic acids is 1. The molecular formula is C30H30N2O6S. The maximum atomic E-state index is 13.6. The highest BCUT2D eigenvalue weighted by Gasteiger charge is 2.18. The van der Waals surface area contributed by atoms with Gasteiger partial charge in [-0.2, -0.15) is 0 Å². The molecule has 202 valence electrons. The van der Waals surface area contributed by atoms with E-state index in [0.29, 0.717) is 29.7 Å². The van der Waals surface area contributed by atoms with E-state index in [4.69, 9.17) is 9.84 Å². The second kappa shape index (κ2) is 12.0. The van der Waals surface area contributed by atoms with Gasteiger partial charge in [-0.25, -0.2) is 8.42 Å². The Morgan fingerprint density at radius 3 is 2.44 bits per heavy atom. The number of sulfonamides is 1. The van der Waals surface area contributed by atoms with Crippen molar-refractivity contribution >= 4 is 38.4 Å². The van der Waals surface area contributed by atoms with E-state index in [0.717, 1.165) is 22.6 Å². The Balaban J connectivity index is 1.63. The maximum absolute atomic E-state index is 13.6. The number of nitrogens with one attached hydrogen (secondary N) is 2. The van der Waals surface area contributed by atoms with Gasteiger partial charge in [-0.1, -0.05) is 60.7 Å². The van der Waals surface area contributed by atoms with Crippen LogP contribution in [-0.2, 0) is 21.2 Å². The van der Waals surface area contributed by atoms with Crippen molar-refractivity contribution in [3.63, 3.8) is 0 Å². The Labute approximate surface area is 227 Å². The van der Waals surface area contributed by atoms with Gasteiger partial charge in [-0.05, 0) is 65.9 Å². The summed E-state index contributed by atoms with van der Waals surface area (Å²) in [4.78, 5) is 24.6. The Hall–Kier alpha value is -4.37. The number of aliphatic carboxylic acids is 1. The lowest BCUT2D eigenvalue weighted by molar-refractivity contribution is -0.137. The molecule has 0 aliphatic carbocycles. The van der Waals surface area contributed by atoms with Gasteiger partial charge in [-0.15, -0.1) is 0 Å². The first-order valence-corrected chi connectivity index (χ1v) is 14.4. The van der Waals surface area contributed by atoms with Crippen molar-refractivity contribution in [2.45, 2.75) is 32.2 Å². The monoisotopic (exact) mass is 546 g/mol. The number of para-hydroxylation sites is 2.